The van der Waals surface area contributed by atoms with E-state index in [1.807, 2.05) is 11.7 Å². The fourth-order valence-electron chi connectivity index (χ4n) is 2.42. The van der Waals surface area contributed by atoms with Gasteiger partial charge in [-0.3, -0.25) is 4.68 Å². The Labute approximate surface area is 91.9 Å². The molecule has 1 aromatic rings. The maximum atomic E-state index is 4.40. The molecule has 3 nitrogen and oxygen atoms in total. The molecule has 1 N–H and O–H groups in total. The van der Waals surface area contributed by atoms with E-state index >= 15 is 0 Å². The standard InChI is InChI=1S/C12H21N3/c1-9-7-11(15(4)14-9)8-12(5-6-12)10(2)13-3/h7,10,13H,5-6,8H2,1-4H3. The lowest BCUT2D eigenvalue weighted by molar-refractivity contribution is 0.361. The Kier molecular flexibility index (Phi) is 2.59. The first-order chi connectivity index (χ1) is 7.07. The highest BCUT2D eigenvalue weighted by Gasteiger charge is 2.47. The number of nitrogens with one attached hydrogen (secondary N) is 1. The van der Waals surface area contributed by atoms with Crippen LogP contribution in [0, 0.1) is 12.3 Å². The molecule has 0 aromatic carbocycles. The Morgan fingerprint density at radius 1 is 1.60 bits per heavy atom. The molecule has 1 heterocycles. The van der Waals surface area contributed by atoms with Gasteiger partial charge in [-0.1, -0.05) is 0 Å². The molecule has 3 heteroatoms. The fraction of sp³-hybridized carbons (Fsp3) is 0.750. The summed E-state index contributed by atoms with van der Waals surface area (Å²) in [7, 11) is 4.10. The van der Waals surface area contributed by atoms with Crippen LogP contribution in [-0.2, 0) is 13.5 Å². The lowest BCUT2D eigenvalue weighted by atomic mass is 9.92. The summed E-state index contributed by atoms with van der Waals surface area (Å²) in [6, 6.07) is 2.82. The van der Waals surface area contributed by atoms with Crippen LogP contribution >= 0.6 is 0 Å². The van der Waals surface area contributed by atoms with Gasteiger partial charge < -0.3 is 5.32 Å². The van der Waals surface area contributed by atoms with Crippen molar-refractivity contribution in [2.45, 2.75) is 39.2 Å². The second-order valence-corrected chi connectivity index (χ2v) is 4.95. The highest BCUT2D eigenvalue weighted by molar-refractivity contribution is 5.15. The van der Waals surface area contributed by atoms with Gasteiger partial charge in [-0.05, 0) is 51.6 Å². The van der Waals surface area contributed by atoms with E-state index < -0.39 is 0 Å². The number of rotatable bonds is 4. The van der Waals surface area contributed by atoms with E-state index in [4.69, 9.17) is 0 Å². The van der Waals surface area contributed by atoms with Gasteiger partial charge in [0.25, 0.3) is 0 Å². The maximum absolute atomic E-state index is 4.40. The average molecular weight is 207 g/mol. The highest BCUT2D eigenvalue weighted by atomic mass is 15.3. The van der Waals surface area contributed by atoms with Crippen LogP contribution < -0.4 is 5.32 Å². The molecule has 1 aliphatic carbocycles. The summed E-state index contributed by atoms with van der Waals surface area (Å²) >= 11 is 0. The predicted molar refractivity (Wildman–Crippen MR) is 61.8 cm³/mol. The Morgan fingerprint density at radius 2 is 2.27 bits per heavy atom. The number of hydrogen-bond acceptors (Lipinski definition) is 2. The number of aromatic nitrogens is 2. The molecule has 0 saturated heterocycles. The zero-order chi connectivity index (χ0) is 11.1. The second-order valence-electron chi connectivity index (χ2n) is 4.95. The smallest absolute Gasteiger partial charge is 0.0596 e. The first kappa shape index (κ1) is 10.7. The molecule has 1 aliphatic rings. The van der Waals surface area contributed by atoms with Gasteiger partial charge in [0.05, 0.1) is 5.69 Å². The van der Waals surface area contributed by atoms with Crippen molar-refractivity contribution in [3.8, 4) is 0 Å². The quantitative estimate of drug-likeness (QED) is 0.813. The maximum Gasteiger partial charge on any atom is 0.0596 e. The van der Waals surface area contributed by atoms with E-state index in [1.54, 1.807) is 0 Å². The third-order valence-electron chi connectivity index (χ3n) is 3.88. The lowest BCUT2D eigenvalue weighted by Crippen LogP contribution is -2.33. The van der Waals surface area contributed by atoms with Crippen molar-refractivity contribution in [1.29, 1.82) is 0 Å². The molecule has 0 bridgehead atoms. The minimum absolute atomic E-state index is 0.495. The minimum atomic E-state index is 0.495. The van der Waals surface area contributed by atoms with Gasteiger partial charge in [-0.15, -0.1) is 0 Å². The second kappa shape index (κ2) is 3.63. The van der Waals surface area contributed by atoms with Crippen LogP contribution in [0.15, 0.2) is 6.07 Å². The molecule has 1 unspecified atom stereocenters. The summed E-state index contributed by atoms with van der Waals surface area (Å²) in [5, 5.41) is 7.79. The predicted octanol–water partition coefficient (Wildman–Crippen LogP) is 1.66. The van der Waals surface area contributed by atoms with Gasteiger partial charge in [-0.25, -0.2) is 0 Å². The minimum Gasteiger partial charge on any atom is -0.317 e. The fourth-order valence-corrected chi connectivity index (χ4v) is 2.42. The molecule has 1 atom stereocenters. The first-order valence-electron chi connectivity index (χ1n) is 5.74. The van der Waals surface area contributed by atoms with Crippen LogP contribution in [-0.4, -0.2) is 22.9 Å². The van der Waals surface area contributed by atoms with E-state index in [2.05, 4.69) is 37.4 Å². The SMILES string of the molecule is CNC(C)C1(Cc2cc(C)nn2C)CC1. The number of hydrogen-bond donors (Lipinski definition) is 1. The summed E-state index contributed by atoms with van der Waals surface area (Å²) in [5.74, 6) is 0. The molecule has 1 saturated carbocycles. The third-order valence-corrected chi connectivity index (χ3v) is 3.88. The Balaban J connectivity index is 2.12. The highest BCUT2D eigenvalue weighted by Crippen LogP contribution is 2.51. The largest absolute Gasteiger partial charge is 0.317 e. The number of nitrogens with zero attached hydrogens (tertiary/aromatic N) is 2. The van der Waals surface area contributed by atoms with Gasteiger partial charge >= 0.3 is 0 Å². The van der Waals surface area contributed by atoms with E-state index in [9.17, 15) is 0 Å². The van der Waals surface area contributed by atoms with Gasteiger partial charge in [0.1, 0.15) is 0 Å². The molecule has 0 amide bonds. The molecule has 0 spiro atoms. The molecular formula is C12H21N3. The monoisotopic (exact) mass is 207 g/mol. The van der Waals surface area contributed by atoms with Crippen molar-refractivity contribution in [2.24, 2.45) is 12.5 Å². The van der Waals surface area contributed by atoms with Crippen molar-refractivity contribution < 1.29 is 0 Å². The molecule has 1 aromatic heterocycles. The Hall–Kier alpha value is -0.830. The van der Waals surface area contributed by atoms with Crippen LogP contribution in [0.1, 0.15) is 31.2 Å². The van der Waals surface area contributed by atoms with Crippen molar-refractivity contribution in [3.63, 3.8) is 0 Å². The van der Waals surface area contributed by atoms with Crippen molar-refractivity contribution >= 4 is 0 Å². The van der Waals surface area contributed by atoms with Crippen LogP contribution in [0.3, 0.4) is 0 Å². The van der Waals surface area contributed by atoms with Gasteiger partial charge in [0.15, 0.2) is 0 Å². The first-order valence-corrected chi connectivity index (χ1v) is 5.74. The van der Waals surface area contributed by atoms with E-state index in [0.29, 0.717) is 11.5 Å². The van der Waals surface area contributed by atoms with Gasteiger partial charge in [0, 0.05) is 18.8 Å². The molecule has 0 aliphatic heterocycles. The zero-order valence-corrected chi connectivity index (χ0v) is 10.2. The summed E-state index contributed by atoms with van der Waals surface area (Å²) in [6.07, 6.45) is 3.85. The van der Waals surface area contributed by atoms with E-state index in [1.165, 1.54) is 18.5 Å². The zero-order valence-electron chi connectivity index (χ0n) is 10.2. The molecule has 84 valence electrons. The van der Waals surface area contributed by atoms with Crippen LogP contribution in [0.25, 0.3) is 0 Å². The van der Waals surface area contributed by atoms with E-state index in [-0.39, 0.29) is 0 Å². The Morgan fingerprint density at radius 3 is 2.67 bits per heavy atom. The summed E-state index contributed by atoms with van der Waals surface area (Å²) < 4.78 is 2.03. The lowest BCUT2D eigenvalue weighted by Gasteiger charge is -2.22. The van der Waals surface area contributed by atoms with Crippen molar-refractivity contribution in [2.75, 3.05) is 7.05 Å². The third kappa shape index (κ3) is 1.93. The summed E-state index contributed by atoms with van der Waals surface area (Å²) in [4.78, 5) is 0. The number of aryl methyl sites for hydroxylation is 2. The Bertz CT molecular complexity index is 350. The average Bonchev–Trinajstić information content (AvgIpc) is 2.89. The molecule has 2 rings (SSSR count). The van der Waals surface area contributed by atoms with Crippen LogP contribution in [0.2, 0.25) is 0 Å². The van der Waals surface area contributed by atoms with Gasteiger partial charge in [-0.2, -0.15) is 5.10 Å². The van der Waals surface area contributed by atoms with Crippen molar-refractivity contribution in [3.05, 3.63) is 17.5 Å². The normalized spacial score (nSPS) is 20.3. The molecule has 15 heavy (non-hydrogen) atoms. The van der Waals surface area contributed by atoms with Crippen molar-refractivity contribution in [1.82, 2.24) is 15.1 Å². The van der Waals surface area contributed by atoms with Crippen LogP contribution in [0.5, 0.6) is 0 Å². The van der Waals surface area contributed by atoms with E-state index in [0.717, 1.165) is 12.1 Å². The topological polar surface area (TPSA) is 29.9 Å². The summed E-state index contributed by atoms with van der Waals surface area (Å²) in [6.45, 7) is 4.35. The molecule has 1 fully saturated rings. The van der Waals surface area contributed by atoms with Gasteiger partial charge in [0.2, 0.25) is 0 Å². The van der Waals surface area contributed by atoms with Crippen LogP contribution in [0.4, 0.5) is 0 Å². The molecular weight excluding hydrogens is 186 g/mol. The summed E-state index contributed by atoms with van der Waals surface area (Å²) in [5.41, 5.74) is 2.99. The molecule has 0 radical (unpaired) electrons.